The summed E-state index contributed by atoms with van der Waals surface area (Å²) in [5.41, 5.74) is -0.415. The van der Waals surface area contributed by atoms with E-state index in [-0.39, 0.29) is 29.2 Å². The van der Waals surface area contributed by atoms with Crippen molar-refractivity contribution in [3.63, 3.8) is 0 Å². The molecular weight excluding hydrogens is 459 g/mol. The minimum absolute atomic E-state index is 0.0557. The molecule has 0 unspecified atom stereocenters. The number of pyridine rings is 1. The Hall–Kier alpha value is -3.11. The maximum absolute atomic E-state index is 13.2. The van der Waals surface area contributed by atoms with Crippen LogP contribution < -0.4 is 5.43 Å². The minimum Gasteiger partial charge on any atom is -0.503 e. The van der Waals surface area contributed by atoms with Crippen molar-refractivity contribution in [3.8, 4) is 16.3 Å². The van der Waals surface area contributed by atoms with Gasteiger partial charge in [-0.15, -0.1) is 10.2 Å². The molecule has 1 N–H and O–H groups in total. The molecule has 0 saturated heterocycles. The average molecular weight is 487 g/mol. The third-order valence-electron chi connectivity index (χ3n) is 6.30. The van der Waals surface area contributed by atoms with Crippen LogP contribution in [0.3, 0.4) is 0 Å². The highest BCUT2D eigenvalue weighted by molar-refractivity contribution is 7.14. The Balaban J connectivity index is 1.80. The number of aromatic nitrogens is 3. The smallest absolute Gasteiger partial charge is 0.274 e. The Labute approximate surface area is 200 Å². The average Bonchev–Trinajstić information content (AvgIpc) is 3.25. The van der Waals surface area contributed by atoms with Gasteiger partial charge in [-0.3, -0.25) is 9.59 Å². The zero-order chi connectivity index (χ0) is 24.8. The minimum atomic E-state index is -0.698. The Morgan fingerprint density at radius 2 is 1.91 bits per heavy atom. The summed E-state index contributed by atoms with van der Waals surface area (Å²) in [7, 11) is 1.59. The SMILES string of the molecule is COC(C)(C)[C@H]1CN(C(C)C)C(=O)c2c(O)c(=O)c(-c3nnc(Cc4ccc(F)cc4)s3)cn21. The summed E-state index contributed by atoms with van der Waals surface area (Å²) in [6.07, 6.45) is 2.00. The van der Waals surface area contributed by atoms with Gasteiger partial charge in [0.15, 0.2) is 16.5 Å². The van der Waals surface area contributed by atoms with Crippen molar-refractivity contribution in [2.75, 3.05) is 13.7 Å². The van der Waals surface area contributed by atoms with E-state index < -0.39 is 22.7 Å². The maximum atomic E-state index is 13.2. The van der Waals surface area contributed by atoms with Crippen LogP contribution >= 0.6 is 11.3 Å². The van der Waals surface area contributed by atoms with Gasteiger partial charge in [0.05, 0.1) is 17.2 Å². The number of aromatic hydroxyl groups is 1. The van der Waals surface area contributed by atoms with E-state index in [4.69, 9.17) is 4.74 Å². The molecular formula is C24H27FN4O4S. The molecule has 0 fully saturated rings. The van der Waals surface area contributed by atoms with Gasteiger partial charge in [-0.05, 0) is 45.4 Å². The van der Waals surface area contributed by atoms with Crippen LogP contribution in [0.15, 0.2) is 35.3 Å². The van der Waals surface area contributed by atoms with E-state index in [2.05, 4.69) is 10.2 Å². The van der Waals surface area contributed by atoms with Crippen molar-refractivity contribution >= 4 is 17.2 Å². The molecule has 0 bridgehead atoms. The lowest BCUT2D eigenvalue weighted by Gasteiger charge is -2.44. The van der Waals surface area contributed by atoms with Gasteiger partial charge in [0.1, 0.15) is 10.8 Å². The molecule has 4 rings (SSSR count). The van der Waals surface area contributed by atoms with E-state index in [1.807, 2.05) is 27.7 Å². The highest BCUT2D eigenvalue weighted by atomic mass is 32.1. The molecule has 2 aromatic heterocycles. The molecule has 1 aromatic carbocycles. The summed E-state index contributed by atoms with van der Waals surface area (Å²) in [6, 6.07) is 5.60. The molecule has 180 valence electrons. The predicted octanol–water partition coefficient (Wildman–Crippen LogP) is 3.63. The van der Waals surface area contributed by atoms with Crippen molar-refractivity contribution in [2.24, 2.45) is 0 Å². The molecule has 10 heteroatoms. The van der Waals surface area contributed by atoms with Crippen molar-refractivity contribution in [1.82, 2.24) is 19.7 Å². The number of fused-ring (bicyclic) bond motifs is 1. The van der Waals surface area contributed by atoms with Crippen molar-refractivity contribution in [3.05, 3.63) is 62.8 Å². The molecule has 0 aliphatic carbocycles. The van der Waals surface area contributed by atoms with Gasteiger partial charge in [-0.1, -0.05) is 23.5 Å². The Kier molecular flexibility index (Phi) is 6.30. The largest absolute Gasteiger partial charge is 0.503 e. The van der Waals surface area contributed by atoms with Gasteiger partial charge in [-0.25, -0.2) is 4.39 Å². The Morgan fingerprint density at radius 3 is 2.53 bits per heavy atom. The normalized spacial score (nSPS) is 16.3. The first kappa shape index (κ1) is 24.0. The number of amides is 1. The number of hydrogen-bond acceptors (Lipinski definition) is 7. The van der Waals surface area contributed by atoms with Crippen LogP contribution in [0.25, 0.3) is 10.6 Å². The topological polar surface area (TPSA) is 97.6 Å². The van der Waals surface area contributed by atoms with E-state index in [1.165, 1.54) is 23.5 Å². The van der Waals surface area contributed by atoms with Crippen LogP contribution in [-0.2, 0) is 11.2 Å². The molecule has 0 spiro atoms. The van der Waals surface area contributed by atoms with Crippen LogP contribution in [0.5, 0.6) is 5.75 Å². The summed E-state index contributed by atoms with van der Waals surface area (Å²) >= 11 is 1.21. The van der Waals surface area contributed by atoms with Crippen molar-refractivity contribution in [2.45, 2.75) is 51.8 Å². The lowest BCUT2D eigenvalue weighted by molar-refractivity contribution is -0.0396. The number of ether oxygens (including phenoxy) is 1. The lowest BCUT2D eigenvalue weighted by Crippen LogP contribution is -2.53. The highest BCUT2D eigenvalue weighted by Gasteiger charge is 2.42. The first-order chi connectivity index (χ1) is 16.0. The molecule has 1 amide bonds. The summed E-state index contributed by atoms with van der Waals surface area (Å²) in [6.45, 7) is 7.93. The van der Waals surface area contributed by atoms with Crippen molar-refractivity contribution < 1.29 is 19.0 Å². The second-order valence-corrected chi connectivity index (χ2v) is 10.2. The molecule has 1 atom stereocenters. The van der Waals surface area contributed by atoms with E-state index in [1.54, 1.807) is 34.9 Å². The van der Waals surface area contributed by atoms with Gasteiger partial charge >= 0.3 is 0 Å². The quantitative estimate of drug-likeness (QED) is 0.572. The van der Waals surface area contributed by atoms with E-state index in [9.17, 15) is 19.1 Å². The predicted molar refractivity (Wildman–Crippen MR) is 127 cm³/mol. The van der Waals surface area contributed by atoms with Crippen LogP contribution in [0.4, 0.5) is 4.39 Å². The number of carbonyl (C=O) groups is 1. The second kappa shape index (κ2) is 8.92. The maximum Gasteiger partial charge on any atom is 0.274 e. The summed E-state index contributed by atoms with van der Waals surface area (Å²) in [4.78, 5) is 27.9. The summed E-state index contributed by atoms with van der Waals surface area (Å²) < 4.78 is 20.5. The van der Waals surface area contributed by atoms with Crippen molar-refractivity contribution in [1.29, 1.82) is 0 Å². The molecule has 34 heavy (non-hydrogen) atoms. The van der Waals surface area contributed by atoms with Gasteiger partial charge in [0.2, 0.25) is 5.43 Å². The number of hydrogen-bond donors (Lipinski definition) is 1. The zero-order valence-electron chi connectivity index (χ0n) is 19.7. The monoisotopic (exact) mass is 486 g/mol. The van der Waals surface area contributed by atoms with E-state index in [0.29, 0.717) is 23.0 Å². The standard InChI is InChI=1S/C24H27FN4O4S/c1-13(2)28-12-17(24(3,4)33-5)29-11-16(20(30)21(31)19(29)23(28)32)22-27-26-18(34-22)10-14-6-8-15(25)9-7-14/h6-9,11,13,17,31H,10,12H2,1-5H3/t17-/m1/s1. The molecule has 3 heterocycles. The van der Waals surface area contributed by atoms with Gasteiger partial charge < -0.3 is 19.3 Å². The number of benzene rings is 1. The Morgan fingerprint density at radius 1 is 1.24 bits per heavy atom. The molecule has 1 aliphatic heterocycles. The summed E-state index contributed by atoms with van der Waals surface area (Å²) in [5, 5.41) is 20.2. The van der Waals surface area contributed by atoms with Gasteiger partial charge in [0.25, 0.3) is 5.91 Å². The molecule has 8 nitrogen and oxygen atoms in total. The molecule has 3 aromatic rings. The van der Waals surface area contributed by atoms with E-state index >= 15 is 0 Å². The van der Waals surface area contributed by atoms with Gasteiger partial charge in [-0.2, -0.15) is 0 Å². The van der Waals surface area contributed by atoms with Gasteiger partial charge in [0, 0.05) is 32.3 Å². The lowest BCUT2D eigenvalue weighted by atomic mass is 9.93. The van der Waals surface area contributed by atoms with Crippen LogP contribution in [0.2, 0.25) is 0 Å². The highest BCUT2D eigenvalue weighted by Crippen LogP contribution is 2.37. The fraction of sp³-hybridized carbons (Fsp3) is 0.417. The fourth-order valence-electron chi connectivity index (χ4n) is 4.07. The van der Waals surface area contributed by atoms with Crippen LogP contribution in [0.1, 0.15) is 54.8 Å². The number of carbonyl (C=O) groups excluding carboxylic acids is 1. The number of methoxy groups -OCH3 is 1. The number of nitrogens with zero attached hydrogens (tertiary/aromatic N) is 4. The molecule has 0 radical (unpaired) electrons. The van der Waals surface area contributed by atoms with Crippen LogP contribution in [0, 0.1) is 5.82 Å². The molecule has 0 saturated carbocycles. The Bertz CT molecular complexity index is 1280. The fourth-order valence-corrected chi connectivity index (χ4v) is 4.95. The van der Waals surface area contributed by atoms with E-state index in [0.717, 1.165) is 5.56 Å². The second-order valence-electron chi connectivity index (χ2n) is 9.16. The number of halogens is 1. The zero-order valence-corrected chi connectivity index (χ0v) is 20.5. The van der Waals surface area contributed by atoms with Crippen LogP contribution in [-0.4, -0.2) is 56.0 Å². The number of rotatable bonds is 6. The molecule has 1 aliphatic rings. The first-order valence-electron chi connectivity index (χ1n) is 10.9. The summed E-state index contributed by atoms with van der Waals surface area (Å²) in [5.74, 6) is -1.34. The third-order valence-corrected chi connectivity index (χ3v) is 7.25. The first-order valence-corrected chi connectivity index (χ1v) is 11.8. The third kappa shape index (κ3) is 4.23.